The Morgan fingerprint density at radius 3 is 2.94 bits per heavy atom. The van der Waals surface area contributed by atoms with E-state index in [1.807, 2.05) is 12.4 Å². The molecule has 0 unspecified atom stereocenters. The van der Waals surface area contributed by atoms with Crippen molar-refractivity contribution in [3.63, 3.8) is 0 Å². The molecule has 8 heteroatoms. The molecule has 0 bridgehead atoms. The summed E-state index contributed by atoms with van der Waals surface area (Å²) in [5.41, 5.74) is 3.83. The molecule has 182 valence electrons. The highest BCUT2D eigenvalue weighted by Crippen LogP contribution is 2.30. The van der Waals surface area contributed by atoms with Crippen molar-refractivity contribution >= 4 is 28.8 Å². The van der Waals surface area contributed by atoms with Crippen molar-refractivity contribution in [2.45, 2.75) is 32.6 Å². The third-order valence-corrected chi connectivity index (χ3v) is 6.30. The zero-order valence-electron chi connectivity index (χ0n) is 19.8. The van der Waals surface area contributed by atoms with Gasteiger partial charge in [0, 0.05) is 52.7 Å². The molecule has 1 aliphatic heterocycles. The number of nitrogens with one attached hydrogen (secondary N) is 2. The number of halogens is 1. The normalized spacial score (nSPS) is 13.4. The number of carbonyl (C=O) groups excluding carboxylic acids is 2. The molecule has 0 saturated heterocycles. The van der Waals surface area contributed by atoms with Crippen LogP contribution in [0.4, 0.5) is 4.39 Å². The number of amides is 1. The van der Waals surface area contributed by atoms with Gasteiger partial charge in [0.05, 0.1) is 5.56 Å². The van der Waals surface area contributed by atoms with Gasteiger partial charge in [0.15, 0.2) is 0 Å². The van der Waals surface area contributed by atoms with Gasteiger partial charge < -0.3 is 14.8 Å². The lowest BCUT2D eigenvalue weighted by atomic mass is 9.97. The minimum absolute atomic E-state index is 0.180. The number of aryl methyl sites for hydroxylation is 1. The maximum absolute atomic E-state index is 13.8. The van der Waals surface area contributed by atoms with Crippen molar-refractivity contribution in [3.05, 3.63) is 88.7 Å². The quantitative estimate of drug-likeness (QED) is 0.326. The van der Waals surface area contributed by atoms with Gasteiger partial charge in [0.1, 0.15) is 17.3 Å². The van der Waals surface area contributed by atoms with E-state index < -0.39 is 5.82 Å². The average molecular weight is 485 g/mol. The average Bonchev–Trinajstić information content (AvgIpc) is 3.38. The van der Waals surface area contributed by atoms with E-state index in [9.17, 15) is 14.0 Å². The maximum Gasteiger partial charge on any atom is 0.251 e. The summed E-state index contributed by atoms with van der Waals surface area (Å²) < 4.78 is 19.1. The molecule has 1 aliphatic rings. The van der Waals surface area contributed by atoms with Gasteiger partial charge in [-0.1, -0.05) is 28.9 Å². The lowest BCUT2D eigenvalue weighted by Gasteiger charge is -2.08. The number of aliphatic imine (C=N–C) groups is 1. The topological polar surface area (TPSA) is 100 Å². The summed E-state index contributed by atoms with van der Waals surface area (Å²) in [5, 5.41) is 7.63. The van der Waals surface area contributed by atoms with E-state index in [2.05, 4.69) is 20.4 Å². The number of hydrogen-bond acceptors (Lipinski definition) is 5. The zero-order chi connectivity index (χ0) is 25.1. The van der Waals surface area contributed by atoms with Crippen LogP contribution in [-0.2, 0) is 0 Å². The highest BCUT2D eigenvalue weighted by molar-refractivity contribution is 6.19. The summed E-state index contributed by atoms with van der Waals surface area (Å²) in [6.07, 6.45) is 9.23. The van der Waals surface area contributed by atoms with E-state index in [1.165, 1.54) is 17.7 Å². The second-order valence-corrected chi connectivity index (χ2v) is 8.78. The van der Waals surface area contributed by atoms with Gasteiger partial charge in [-0.15, -0.1) is 0 Å². The van der Waals surface area contributed by atoms with Crippen LogP contribution < -0.4 is 5.32 Å². The summed E-state index contributed by atoms with van der Waals surface area (Å²) >= 11 is 0. The smallest absolute Gasteiger partial charge is 0.251 e. The van der Waals surface area contributed by atoms with Gasteiger partial charge in [0.2, 0.25) is 5.78 Å². The molecule has 2 N–H and O–H groups in total. The van der Waals surface area contributed by atoms with Crippen LogP contribution in [0.3, 0.4) is 0 Å². The monoisotopic (exact) mass is 484 g/mol. The van der Waals surface area contributed by atoms with E-state index in [-0.39, 0.29) is 22.9 Å². The fourth-order valence-corrected chi connectivity index (χ4v) is 4.41. The molecule has 2 aromatic heterocycles. The van der Waals surface area contributed by atoms with Crippen molar-refractivity contribution in [2.75, 3.05) is 6.54 Å². The lowest BCUT2D eigenvalue weighted by Crippen LogP contribution is -2.24. The predicted octanol–water partition coefficient (Wildman–Crippen LogP) is 5.76. The first kappa shape index (κ1) is 23.4. The minimum Gasteiger partial charge on any atom is -0.360 e. The molecule has 4 aromatic rings. The number of rotatable bonds is 7. The highest BCUT2D eigenvalue weighted by Gasteiger charge is 2.25. The predicted molar refractivity (Wildman–Crippen MR) is 136 cm³/mol. The molecule has 0 saturated carbocycles. The number of ketones is 1. The van der Waals surface area contributed by atoms with Crippen LogP contribution in [-0.4, -0.2) is 34.6 Å². The summed E-state index contributed by atoms with van der Waals surface area (Å²) in [7, 11) is 0. The Morgan fingerprint density at radius 1 is 1.19 bits per heavy atom. The number of aromatic amines is 1. The van der Waals surface area contributed by atoms with Crippen LogP contribution in [0.1, 0.15) is 57.7 Å². The van der Waals surface area contributed by atoms with Gasteiger partial charge in [-0.3, -0.25) is 14.6 Å². The number of carbonyl (C=O) groups is 2. The SMILES string of the molecule is Cc1onc(-c2cccc(F)c2)c1C(=O)c1c[nH]c2cc(C(=O)NCCC3=CN=CCCC3)ccc12. The third-order valence-electron chi connectivity index (χ3n) is 6.30. The maximum atomic E-state index is 13.8. The van der Waals surface area contributed by atoms with Gasteiger partial charge in [-0.2, -0.15) is 0 Å². The Balaban J connectivity index is 1.34. The van der Waals surface area contributed by atoms with E-state index in [0.717, 1.165) is 25.7 Å². The molecule has 0 aliphatic carbocycles. The number of H-pyrrole nitrogens is 1. The second kappa shape index (κ2) is 10.1. The molecule has 1 amide bonds. The van der Waals surface area contributed by atoms with Crippen molar-refractivity contribution in [3.8, 4) is 11.3 Å². The van der Waals surface area contributed by atoms with Crippen LogP contribution in [0.15, 0.2) is 69.9 Å². The fraction of sp³-hybridized carbons (Fsp3) is 0.214. The highest BCUT2D eigenvalue weighted by atomic mass is 19.1. The second-order valence-electron chi connectivity index (χ2n) is 8.78. The molecule has 0 spiro atoms. The minimum atomic E-state index is -0.427. The first-order valence-electron chi connectivity index (χ1n) is 11.9. The Morgan fingerprint density at radius 2 is 2.08 bits per heavy atom. The number of nitrogens with zero attached hydrogens (tertiary/aromatic N) is 2. The summed E-state index contributed by atoms with van der Waals surface area (Å²) in [6, 6.07) is 11.1. The number of fused-ring (bicyclic) bond motifs is 1. The van der Waals surface area contributed by atoms with Gasteiger partial charge in [-0.05, 0) is 56.9 Å². The largest absolute Gasteiger partial charge is 0.360 e. The number of hydrogen-bond donors (Lipinski definition) is 2. The Labute approximate surface area is 207 Å². The molecule has 0 fully saturated rings. The lowest BCUT2D eigenvalue weighted by molar-refractivity contribution is 0.0953. The van der Waals surface area contributed by atoms with Gasteiger partial charge >= 0.3 is 0 Å². The van der Waals surface area contributed by atoms with E-state index in [4.69, 9.17) is 4.52 Å². The molecule has 7 nitrogen and oxygen atoms in total. The van der Waals surface area contributed by atoms with E-state index in [1.54, 1.807) is 43.5 Å². The summed E-state index contributed by atoms with van der Waals surface area (Å²) in [6.45, 7) is 2.18. The molecular formula is C28H25FN4O3. The molecule has 0 atom stereocenters. The molecule has 0 radical (unpaired) electrons. The molecule has 5 rings (SSSR count). The van der Waals surface area contributed by atoms with Crippen LogP contribution in [0.2, 0.25) is 0 Å². The van der Waals surface area contributed by atoms with E-state index >= 15 is 0 Å². The Hall–Kier alpha value is -4.33. The van der Waals surface area contributed by atoms with Crippen molar-refractivity contribution in [2.24, 2.45) is 4.99 Å². The van der Waals surface area contributed by atoms with Crippen molar-refractivity contribution in [1.82, 2.24) is 15.5 Å². The molecule has 3 heterocycles. The van der Waals surface area contributed by atoms with E-state index in [0.29, 0.717) is 39.9 Å². The molecular weight excluding hydrogens is 459 g/mol. The Kier molecular flexibility index (Phi) is 6.58. The number of benzene rings is 2. The fourth-order valence-electron chi connectivity index (χ4n) is 4.41. The third kappa shape index (κ3) is 4.75. The first-order valence-corrected chi connectivity index (χ1v) is 11.9. The zero-order valence-corrected chi connectivity index (χ0v) is 19.8. The van der Waals surface area contributed by atoms with Crippen LogP contribution in [0.5, 0.6) is 0 Å². The van der Waals surface area contributed by atoms with Crippen LogP contribution in [0, 0.1) is 12.7 Å². The number of aromatic nitrogens is 2. The summed E-state index contributed by atoms with van der Waals surface area (Å²) in [5.74, 6) is -0.556. The van der Waals surface area contributed by atoms with Crippen molar-refractivity contribution in [1.29, 1.82) is 0 Å². The standard InChI is InChI=1S/C28H25FN4O3/c1-17-25(26(33-36-17)19-6-4-7-21(29)13-19)27(34)23-16-32-24-14-20(8-9-22(23)24)28(35)31-12-10-18-5-2-3-11-30-15-18/h4,6-9,11,13-16,32H,2-3,5,10,12H2,1H3,(H,31,35). The Bertz CT molecular complexity index is 1510. The first-order chi connectivity index (χ1) is 17.5. The van der Waals surface area contributed by atoms with Crippen molar-refractivity contribution < 1.29 is 18.5 Å². The van der Waals surface area contributed by atoms with Crippen LogP contribution >= 0.6 is 0 Å². The van der Waals surface area contributed by atoms with Crippen LogP contribution in [0.25, 0.3) is 22.2 Å². The summed E-state index contributed by atoms with van der Waals surface area (Å²) in [4.78, 5) is 33.6. The van der Waals surface area contributed by atoms with Gasteiger partial charge in [0.25, 0.3) is 5.91 Å². The van der Waals surface area contributed by atoms with Gasteiger partial charge in [-0.25, -0.2) is 4.39 Å². The molecule has 36 heavy (non-hydrogen) atoms. The molecule has 2 aromatic carbocycles.